The van der Waals surface area contributed by atoms with Crippen molar-refractivity contribution >= 4 is 5.91 Å². The molecule has 1 aromatic rings. The first kappa shape index (κ1) is 14.4. The van der Waals surface area contributed by atoms with Crippen LogP contribution in [0.2, 0.25) is 0 Å². The van der Waals surface area contributed by atoms with Crippen molar-refractivity contribution in [1.29, 1.82) is 0 Å². The third kappa shape index (κ3) is 3.99. The second-order valence-corrected chi connectivity index (χ2v) is 4.89. The summed E-state index contributed by atoms with van der Waals surface area (Å²) in [7, 11) is 4.04. The zero-order chi connectivity index (χ0) is 14.4. The van der Waals surface area contributed by atoms with E-state index in [1.807, 2.05) is 32.3 Å². The number of rotatable bonds is 5. The normalized spacial score (nSPS) is 14.2. The minimum atomic E-state index is -0.246. The molecule has 5 heteroatoms. The van der Waals surface area contributed by atoms with Crippen LogP contribution in [0.5, 0.6) is 0 Å². The predicted octanol–water partition coefficient (Wildman–Crippen LogP) is 1.25. The first-order valence-corrected chi connectivity index (χ1v) is 6.61. The average Bonchev–Trinajstić information content (AvgIpc) is 2.46. The molecule has 0 fully saturated rings. The fourth-order valence-electron chi connectivity index (χ4n) is 1.97. The Hall–Kier alpha value is -2.01. The Morgan fingerprint density at radius 1 is 1.25 bits per heavy atom. The summed E-state index contributed by atoms with van der Waals surface area (Å²) >= 11 is 0. The van der Waals surface area contributed by atoms with Gasteiger partial charge in [-0.2, -0.15) is 0 Å². The SMILES string of the molecule is CN(C)Cc1ccccc1CNC(=O)C1=COCCO1. The largest absolute Gasteiger partial charge is 0.494 e. The van der Waals surface area contributed by atoms with Gasteiger partial charge in [-0.15, -0.1) is 0 Å². The molecule has 1 aliphatic rings. The van der Waals surface area contributed by atoms with Crippen molar-refractivity contribution in [1.82, 2.24) is 10.2 Å². The van der Waals surface area contributed by atoms with Crippen molar-refractivity contribution in [3.63, 3.8) is 0 Å². The average molecular weight is 276 g/mol. The standard InChI is InChI=1S/C15H20N2O3/c1-17(2)10-13-6-4-3-5-12(13)9-16-15(18)14-11-19-7-8-20-14/h3-6,11H,7-10H2,1-2H3,(H,16,18). The molecule has 0 bridgehead atoms. The van der Waals surface area contributed by atoms with Crippen molar-refractivity contribution in [3.05, 3.63) is 47.4 Å². The van der Waals surface area contributed by atoms with Crippen LogP contribution in [0.4, 0.5) is 0 Å². The molecule has 1 aromatic carbocycles. The third-order valence-corrected chi connectivity index (χ3v) is 2.92. The fraction of sp³-hybridized carbons (Fsp3) is 0.400. The molecule has 1 aliphatic heterocycles. The molecular weight excluding hydrogens is 256 g/mol. The van der Waals surface area contributed by atoms with Crippen molar-refractivity contribution in [3.8, 4) is 0 Å². The van der Waals surface area contributed by atoms with E-state index in [1.165, 1.54) is 11.8 Å². The molecule has 0 saturated heterocycles. The number of benzene rings is 1. The Morgan fingerprint density at radius 2 is 2.00 bits per heavy atom. The number of carbonyl (C=O) groups excluding carboxylic acids is 1. The third-order valence-electron chi connectivity index (χ3n) is 2.92. The topological polar surface area (TPSA) is 50.8 Å². The number of amides is 1. The van der Waals surface area contributed by atoms with Crippen LogP contribution in [0, 0.1) is 0 Å². The Morgan fingerprint density at radius 3 is 2.65 bits per heavy atom. The Labute approximate surface area is 119 Å². The van der Waals surface area contributed by atoms with E-state index in [0.717, 1.165) is 12.1 Å². The summed E-state index contributed by atoms with van der Waals surface area (Å²) in [4.78, 5) is 14.0. The van der Waals surface area contributed by atoms with Gasteiger partial charge in [0.15, 0.2) is 0 Å². The van der Waals surface area contributed by atoms with E-state index in [2.05, 4.69) is 16.3 Å². The smallest absolute Gasteiger partial charge is 0.289 e. The molecule has 1 heterocycles. The molecule has 0 aromatic heterocycles. The summed E-state index contributed by atoms with van der Waals surface area (Å²) in [5, 5.41) is 2.85. The summed E-state index contributed by atoms with van der Waals surface area (Å²) in [6.45, 7) is 2.22. The molecule has 0 unspecified atom stereocenters. The van der Waals surface area contributed by atoms with Gasteiger partial charge in [-0.25, -0.2) is 0 Å². The number of carbonyl (C=O) groups is 1. The molecule has 1 N–H and O–H groups in total. The van der Waals surface area contributed by atoms with Crippen LogP contribution in [0.1, 0.15) is 11.1 Å². The minimum absolute atomic E-state index is 0.237. The van der Waals surface area contributed by atoms with Gasteiger partial charge < -0.3 is 19.7 Å². The predicted molar refractivity (Wildman–Crippen MR) is 75.7 cm³/mol. The molecule has 108 valence electrons. The van der Waals surface area contributed by atoms with E-state index in [4.69, 9.17) is 9.47 Å². The van der Waals surface area contributed by atoms with Crippen molar-refractivity contribution in [2.45, 2.75) is 13.1 Å². The lowest BCUT2D eigenvalue weighted by molar-refractivity contribution is -0.122. The van der Waals surface area contributed by atoms with E-state index in [-0.39, 0.29) is 11.7 Å². The van der Waals surface area contributed by atoms with Crippen LogP contribution in [0.25, 0.3) is 0 Å². The van der Waals surface area contributed by atoms with Crippen molar-refractivity contribution in [2.75, 3.05) is 27.3 Å². The lowest BCUT2D eigenvalue weighted by Gasteiger charge is -2.17. The molecule has 20 heavy (non-hydrogen) atoms. The second-order valence-electron chi connectivity index (χ2n) is 4.89. The summed E-state index contributed by atoms with van der Waals surface area (Å²) in [5.74, 6) is -0.00861. The van der Waals surface area contributed by atoms with Gasteiger partial charge in [-0.1, -0.05) is 24.3 Å². The van der Waals surface area contributed by atoms with Gasteiger partial charge >= 0.3 is 0 Å². The van der Waals surface area contributed by atoms with Crippen molar-refractivity contribution < 1.29 is 14.3 Å². The Kier molecular flexibility index (Phi) is 5.01. The Balaban J connectivity index is 1.96. The maximum Gasteiger partial charge on any atom is 0.289 e. The molecular formula is C15H20N2O3. The molecule has 0 spiro atoms. The number of ether oxygens (including phenoxy) is 2. The second kappa shape index (κ2) is 6.96. The van der Waals surface area contributed by atoms with Crippen LogP contribution >= 0.6 is 0 Å². The number of nitrogens with one attached hydrogen (secondary N) is 1. The lowest BCUT2D eigenvalue weighted by Crippen LogP contribution is -2.28. The highest BCUT2D eigenvalue weighted by molar-refractivity contribution is 5.91. The van der Waals surface area contributed by atoms with Crippen molar-refractivity contribution in [2.24, 2.45) is 0 Å². The Bertz CT molecular complexity index is 498. The van der Waals surface area contributed by atoms with Crippen LogP contribution in [0.3, 0.4) is 0 Å². The van der Waals surface area contributed by atoms with Gasteiger partial charge in [0.25, 0.3) is 5.91 Å². The summed E-state index contributed by atoms with van der Waals surface area (Å²) < 4.78 is 10.3. The van der Waals surface area contributed by atoms with E-state index < -0.39 is 0 Å². The van der Waals surface area contributed by atoms with Crippen LogP contribution in [-0.2, 0) is 27.4 Å². The highest BCUT2D eigenvalue weighted by Crippen LogP contribution is 2.11. The summed E-state index contributed by atoms with van der Waals surface area (Å²) in [6, 6.07) is 8.07. The molecule has 0 radical (unpaired) electrons. The first-order valence-electron chi connectivity index (χ1n) is 6.61. The van der Waals surface area contributed by atoms with E-state index in [0.29, 0.717) is 19.8 Å². The van der Waals surface area contributed by atoms with E-state index in [1.54, 1.807) is 0 Å². The number of nitrogens with zero attached hydrogens (tertiary/aromatic N) is 1. The maximum atomic E-state index is 11.9. The van der Waals surface area contributed by atoms with Gasteiger partial charge in [0.2, 0.25) is 5.76 Å². The monoisotopic (exact) mass is 276 g/mol. The van der Waals surface area contributed by atoms with Crippen LogP contribution in [-0.4, -0.2) is 38.1 Å². The highest BCUT2D eigenvalue weighted by Gasteiger charge is 2.15. The van der Waals surface area contributed by atoms with Crippen LogP contribution in [0.15, 0.2) is 36.3 Å². The zero-order valence-electron chi connectivity index (χ0n) is 11.9. The van der Waals surface area contributed by atoms with Gasteiger partial charge in [0.1, 0.15) is 19.5 Å². The molecule has 0 aliphatic carbocycles. The number of hydrogen-bond acceptors (Lipinski definition) is 4. The zero-order valence-corrected chi connectivity index (χ0v) is 11.9. The summed E-state index contributed by atoms with van der Waals surface area (Å²) in [6.07, 6.45) is 1.37. The maximum absolute atomic E-state index is 11.9. The van der Waals surface area contributed by atoms with Gasteiger partial charge in [0, 0.05) is 13.1 Å². The molecule has 2 rings (SSSR count). The molecule has 5 nitrogen and oxygen atoms in total. The quantitative estimate of drug-likeness (QED) is 0.879. The minimum Gasteiger partial charge on any atom is -0.494 e. The summed E-state index contributed by atoms with van der Waals surface area (Å²) in [5.41, 5.74) is 2.31. The fourth-order valence-corrected chi connectivity index (χ4v) is 1.97. The highest BCUT2D eigenvalue weighted by atomic mass is 16.6. The van der Waals surface area contributed by atoms with Gasteiger partial charge in [0.05, 0.1) is 0 Å². The van der Waals surface area contributed by atoms with E-state index >= 15 is 0 Å². The molecule has 1 amide bonds. The molecule has 0 atom stereocenters. The van der Waals surface area contributed by atoms with Gasteiger partial charge in [-0.05, 0) is 25.2 Å². The first-order chi connectivity index (χ1) is 9.66. The number of hydrogen-bond donors (Lipinski definition) is 1. The molecule has 0 saturated carbocycles. The van der Waals surface area contributed by atoms with E-state index in [9.17, 15) is 4.79 Å². The van der Waals surface area contributed by atoms with Crippen LogP contribution < -0.4 is 5.32 Å². The van der Waals surface area contributed by atoms with Gasteiger partial charge in [-0.3, -0.25) is 4.79 Å². The lowest BCUT2D eigenvalue weighted by atomic mass is 10.1.